The molecule has 8 nitrogen and oxygen atoms in total. The molecule has 0 aliphatic heterocycles. The average Bonchev–Trinajstić information content (AvgIpc) is 2.95. The van der Waals surface area contributed by atoms with Crippen molar-refractivity contribution in [3.8, 4) is 23.0 Å². The van der Waals surface area contributed by atoms with Gasteiger partial charge in [0.05, 0.1) is 41.7 Å². The molecule has 0 saturated carbocycles. The summed E-state index contributed by atoms with van der Waals surface area (Å²) in [5.41, 5.74) is -1.31. The quantitative estimate of drug-likeness (QED) is 0.173. The number of ether oxygens (including phenoxy) is 5. The van der Waals surface area contributed by atoms with Crippen LogP contribution in [0.15, 0.2) is 73.3 Å². The van der Waals surface area contributed by atoms with E-state index in [1.807, 2.05) is 0 Å². The topological polar surface area (TPSA) is 97.4 Å². The van der Waals surface area contributed by atoms with Gasteiger partial charge in [0, 0.05) is 5.30 Å². The molecule has 0 saturated heterocycles. The molecule has 0 aromatic heterocycles. The molecule has 3 aromatic carbocycles. The molecule has 0 heterocycles. The largest absolute Gasteiger partial charge is 0.496 e. The Morgan fingerprint density at radius 2 is 1.14 bits per heavy atom. The van der Waals surface area contributed by atoms with Gasteiger partial charge in [0.2, 0.25) is 18.2 Å². The maximum atomic E-state index is 14.9. The number of carbonyl (C=O) groups is 2. The SMILES string of the molecule is C=CCOCc1ccc(P(=O)(C(=O)c2c(OC)cccc2OC)C(=O)c2c(OC)cccc2OC)cc1. The van der Waals surface area contributed by atoms with E-state index in [1.165, 1.54) is 64.8 Å². The third-order valence-corrected chi connectivity index (χ3v) is 8.28. The molecular weight excluding hydrogens is 495 g/mol. The fraction of sp³-hybridized carbons (Fsp3) is 0.214. The summed E-state index contributed by atoms with van der Waals surface area (Å²) in [6, 6.07) is 15.7. The van der Waals surface area contributed by atoms with Gasteiger partial charge in [0.25, 0.3) is 0 Å². The highest BCUT2D eigenvalue weighted by Gasteiger charge is 2.47. The molecule has 194 valence electrons. The summed E-state index contributed by atoms with van der Waals surface area (Å²) in [7, 11) is 0.934. The van der Waals surface area contributed by atoms with Gasteiger partial charge in [-0.25, -0.2) is 0 Å². The van der Waals surface area contributed by atoms with Crippen LogP contribution in [0.4, 0.5) is 0 Å². The van der Waals surface area contributed by atoms with Crippen LogP contribution in [0.5, 0.6) is 23.0 Å². The van der Waals surface area contributed by atoms with Crippen LogP contribution >= 0.6 is 7.14 Å². The van der Waals surface area contributed by atoms with E-state index in [0.717, 1.165) is 5.56 Å². The highest BCUT2D eigenvalue weighted by atomic mass is 31.2. The molecule has 3 rings (SSSR count). The van der Waals surface area contributed by atoms with E-state index < -0.39 is 18.2 Å². The Morgan fingerprint density at radius 1 is 0.730 bits per heavy atom. The molecule has 0 radical (unpaired) electrons. The van der Waals surface area contributed by atoms with Crippen molar-refractivity contribution in [1.29, 1.82) is 0 Å². The van der Waals surface area contributed by atoms with E-state index >= 15 is 0 Å². The molecule has 0 aliphatic rings. The molecular formula is C28H29O8P. The lowest BCUT2D eigenvalue weighted by Crippen LogP contribution is -2.22. The molecule has 0 unspecified atom stereocenters. The summed E-state index contributed by atoms with van der Waals surface area (Å²) < 4.78 is 41.9. The minimum absolute atomic E-state index is 0.0379. The fourth-order valence-electron chi connectivity index (χ4n) is 3.83. The molecule has 0 fully saturated rings. The van der Waals surface area contributed by atoms with Crippen molar-refractivity contribution in [1.82, 2.24) is 0 Å². The van der Waals surface area contributed by atoms with Crippen molar-refractivity contribution in [2.75, 3.05) is 35.0 Å². The van der Waals surface area contributed by atoms with Gasteiger partial charge < -0.3 is 28.2 Å². The lowest BCUT2D eigenvalue weighted by atomic mass is 10.2. The highest BCUT2D eigenvalue weighted by molar-refractivity contribution is 8.01. The van der Waals surface area contributed by atoms with Gasteiger partial charge in [0.1, 0.15) is 34.1 Å². The van der Waals surface area contributed by atoms with Crippen LogP contribution in [-0.4, -0.2) is 46.1 Å². The monoisotopic (exact) mass is 524 g/mol. The lowest BCUT2D eigenvalue weighted by Gasteiger charge is -2.21. The first-order valence-corrected chi connectivity index (χ1v) is 13.0. The standard InChI is InChI=1S/C28H29O8P/c1-6-17-36-18-19-13-15-20(16-14-19)37(31,27(29)25-21(32-2)9-7-10-22(25)33-3)28(30)26-23(34-4)11-8-12-24(26)35-5/h6-16H,1,17-18H2,2-5H3. The summed E-state index contributed by atoms with van der Waals surface area (Å²) in [6.45, 7) is 4.25. The van der Waals surface area contributed by atoms with Crippen LogP contribution in [0.2, 0.25) is 0 Å². The smallest absolute Gasteiger partial charge is 0.249 e. The van der Waals surface area contributed by atoms with Crippen molar-refractivity contribution < 1.29 is 37.8 Å². The van der Waals surface area contributed by atoms with Gasteiger partial charge in [0.15, 0.2) is 0 Å². The van der Waals surface area contributed by atoms with Crippen molar-refractivity contribution in [2.45, 2.75) is 6.61 Å². The van der Waals surface area contributed by atoms with Crippen molar-refractivity contribution in [3.05, 3.63) is 90.0 Å². The highest BCUT2D eigenvalue weighted by Crippen LogP contribution is 2.55. The number of benzene rings is 3. The minimum atomic E-state index is -4.56. The van der Waals surface area contributed by atoms with Crippen molar-refractivity contribution in [3.63, 3.8) is 0 Å². The molecule has 0 bridgehead atoms. The predicted octanol–water partition coefficient (Wildman–Crippen LogP) is 5.09. The molecule has 37 heavy (non-hydrogen) atoms. The van der Waals surface area contributed by atoms with Crippen LogP contribution < -0.4 is 24.3 Å². The van der Waals surface area contributed by atoms with Crippen LogP contribution in [0, 0.1) is 0 Å². The van der Waals surface area contributed by atoms with Gasteiger partial charge in [-0.15, -0.1) is 6.58 Å². The molecule has 9 heteroatoms. The van der Waals surface area contributed by atoms with Crippen molar-refractivity contribution >= 4 is 23.5 Å². The number of hydrogen-bond acceptors (Lipinski definition) is 8. The zero-order chi connectivity index (χ0) is 27.0. The second kappa shape index (κ2) is 12.4. The number of carbonyl (C=O) groups excluding carboxylic acids is 2. The summed E-state index contributed by atoms with van der Waals surface area (Å²) in [5.74, 6) is 0.496. The Morgan fingerprint density at radius 3 is 1.49 bits per heavy atom. The van der Waals surface area contributed by atoms with E-state index in [9.17, 15) is 14.2 Å². The molecule has 0 spiro atoms. The van der Waals surface area contributed by atoms with Gasteiger partial charge >= 0.3 is 0 Å². The minimum Gasteiger partial charge on any atom is -0.496 e. The fourth-order valence-corrected chi connectivity index (χ4v) is 6.12. The first-order chi connectivity index (χ1) is 17.9. The van der Waals surface area contributed by atoms with Gasteiger partial charge in [-0.1, -0.05) is 42.5 Å². The molecule has 3 aromatic rings. The van der Waals surface area contributed by atoms with Crippen LogP contribution in [-0.2, 0) is 15.9 Å². The second-order valence-electron chi connectivity index (χ2n) is 7.76. The third kappa shape index (κ3) is 5.45. The Labute approximate surface area is 216 Å². The Bertz CT molecular complexity index is 1210. The number of methoxy groups -OCH3 is 4. The van der Waals surface area contributed by atoms with Gasteiger partial charge in [-0.3, -0.25) is 9.59 Å². The van der Waals surface area contributed by atoms with E-state index in [4.69, 9.17) is 23.7 Å². The zero-order valence-corrected chi connectivity index (χ0v) is 22.1. The van der Waals surface area contributed by atoms with Crippen LogP contribution in [0.25, 0.3) is 0 Å². The van der Waals surface area contributed by atoms with Gasteiger partial charge in [-0.05, 0) is 29.8 Å². The first kappa shape index (κ1) is 27.7. The molecule has 0 atom stereocenters. The van der Waals surface area contributed by atoms with E-state index in [1.54, 1.807) is 30.3 Å². The number of rotatable bonds is 13. The maximum Gasteiger partial charge on any atom is 0.249 e. The van der Waals surface area contributed by atoms with Crippen LogP contribution in [0.1, 0.15) is 26.3 Å². The van der Waals surface area contributed by atoms with E-state index in [2.05, 4.69) is 6.58 Å². The normalized spacial score (nSPS) is 10.9. The lowest BCUT2D eigenvalue weighted by molar-refractivity contribution is 0.103. The summed E-state index contributed by atoms with van der Waals surface area (Å²) in [6.07, 6.45) is 1.63. The Kier molecular flexibility index (Phi) is 9.28. The predicted molar refractivity (Wildman–Crippen MR) is 141 cm³/mol. The first-order valence-electron chi connectivity index (χ1n) is 11.3. The van der Waals surface area contributed by atoms with Crippen LogP contribution in [0.3, 0.4) is 0 Å². The summed E-state index contributed by atoms with van der Waals surface area (Å²) >= 11 is 0. The van der Waals surface area contributed by atoms with Gasteiger partial charge in [-0.2, -0.15) is 0 Å². The zero-order valence-electron chi connectivity index (χ0n) is 21.2. The summed E-state index contributed by atoms with van der Waals surface area (Å²) in [4.78, 5) is 28.4. The Hall–Kier alpha value is -3.87. The Balaban J connectivity index is 2.27. The second-order valence-corrected chi connectivity index (χ2v) is 10.3. The number of hydrogen-bond donors (Lipinski definition) is 0. The van der Waals surface area contributed by atoms with Crippen molar-refractivity contribution in [2.24, 2.45) is 0 Å². The summed E-state index contributed by atoms with van der Waals surface area (Å²) in [5, 5.41) is 0.0379. The average molecular weight is 525 g/mol. The molecule has 0 amide bonds. The van der Waals surface area contributed by atoms with E-state index in [-0.39, 0.29) is 46.0 Å². The van der Waals surface area contributed by atoms with E-state index in [0.29, 0.717) is 6.61 Å². The maximum absolute atomic E-state index is 14.9. The molecule has 0 aliphatic carbocycles. The molecule has 0 N–H and O–H groups in total. The third-order valence-electron chi connectivity index (χ3n) is 5.66.